The zero-order valence-corrected chi connectivity index (χ0v) is 18.0. The minimum atomic E-state index is -0.0278. The van der Waals surface area contributed by atoms with Gasteiger partial charge in [-0.15, -0.1) is 11.8 Å². The third-order valence-corrected chi connectivity index (χ3v) is 4.74. The Morgan fingerprint density at radius 1 is 1.36 bits per heavy atom. The second kappa shape index (κ2) is 11.9. The number of aryl methyl sites for hydroxylation is 2. The molecule has 0 spiro atoms. The van der Waals surface area contributed by atoms with Gasteiger partial charge in [-0.05, 0) is 45.4 Å². The molecule has 0 saturated heterocycles. The molecule has 2 rings (SSSR count). The van der Waals surface area contributed by atoms with E-state index in [4.69, 9.17) is 0 Å². The maximum absolute atomic E-state index is 12.3. The molecule has 0 aromatic carbocycles. The standard InChI is InChI=1S/C13H15N3OS.C7H13N3/c1-4-11-12(18-3)13(17)16(8-15-11)10-6-5-9(2)14-7-10;1-5-10(4)7(2)9-6-8-3/h5-8H,4H2,1-3H3;6H,2-3,5H2,1,4H3/b;9-6-. The first-order chi connectivity index (χ1) is 13.4. The zero-order valence-electron chi connectivity index (χ0n) is 17.2. The lowest BCUT2D eigenvalue weighted by atomic mass is 10.3. The van der Waals surface area contributed by atoms with E-state index in [9.17, 15) is 4.79 Å². The van der Waals surface area contributed by atoms with Crippen molar-refractivity contribution in [1.29, 1.82) is 0 Å². The van der Waals surface area contributed by atoms with E-state index in [2.05, 4.69) is 33.2 Å². The van der Waals surface area contributed by atoms with Gasteiger partial charge >= 0.3 is 0 Å². The van der Waals surface area contributed by atoms with Gasteiger partial charge in [0.15, 0.2) is 0 Å². The van der Waals surface area contributed by atoms with Crippen LogP contribution in [0.15, 0.2) is 56.7 Å². The van der Waals surface area contributed by atoms with Crippen molar-refractivity contribution >= 4 is 24.8 Å². The molecule has 0 saturated carbocycles. The highest BCUT2D eigenvalue weighted by atomic mass is 32.2. The molecule has 0 fully saturated rings. The molecule has 0 amide bonds. The quantitative estimate of drug-likeness (QED) is 0.405. The van der Waals surface area contributed by atoms with Crippen molar-refractivity contribution in [3.8, 4) is 5.69 Å². The van der Waals surface area contributed by atoms with Crippen LogP contribution in [0.5, 0.6) is 0 Å². The van der Waals surface area contributed by atoms with E-state index < -0.39 is 0 Å². The Labute approximate surface area is 171 Å². The normalized spacial score (nSPS) is 10.3. The fraction of sp³-hybridized carbons (Fsp3) is 0.350. The van der Waals surface area contributed by atoms with Crippen LogP contribution in [0.1, 0.15) is 25.2 Å². The number of thioether (sulfide) groups is 1. The molecule has 2 heterocycles. The number of nitrogens with zero attached hydrogens (tertiary/aromatic N) is 6. The van der Waals surface area contributed by atoms with Gasteiger partial charge in [-0.3, -0.25) is 19.3 Å². The van der Waals surface area contributed by atoms with Crippen molar-refractivity contribution in [2.45, 2.75) is 32.1 Å². The van der Waals surface area contributed by atoms with Crippen molar-refractivity contribution in [3.63, 3.8) is 0 Å². The highest BCUT2D eigenvalue weighted by Crippen LogP contribution is 2.15. The smallest absolute Gasteiger partial charge is 0.271 e. The number of pyridine rings is 1. The molecule has 150 valence electrons. The number of hydrogen-bond donors (Lipinski definition) is 0. The van der Waals surface area contributed by atoms with Gasteiger partial charge in [0, 0.05) is 19.3 Å². The first kappa shape index (κ1) is 23.3. The molecule has 28 heavy (non-hydrogen) atoms. The van der Waals surface area contributed by atoms with Crippen LogP contribution >= 0.6 is 11.8 Å². The molecule has 2 aromatic heterocycles. The van der Waals surface area contributed by atoms with Gasteiger partial charge in [0.25, 0.3) is 5.56 Å². The highest BCUT2D eigenvalue weighted by molar-refractivity contribution is 7.98. The van der Waals surface area contributed by atoms with Gasteiger partial charge in [0.05, 0.1) is 22.5 Å². The Morgan fingerprint density at radius 3 is 2.57 bits per heavy atom. The van der Waals surface area contributed by atoms with E-state index in [1.807, 2.05) is 51.1 Å². The largest absolute Gasteiger partial charge is 0.360 e. The van der Waals surface area contributed by atoms with Crippen LogP contribution in [0.2, 0.25) is 0 Å². The maximum atomic E-state index is 12.3. The number of rotatable bonds is 7. The lowest BCUT2D eigenvalue weighted by Gasteiger charge is -2.14. The molecule has 0 bridgehead atoms. The van der Waals surface area contributed by atoms with Gasteiger partial charge in [-0.1, -0.05) is 13.5 Å². The Morgan fingerprint density at radius 2 is 2.07 bits per heavy atom. The molecule has 0 radical (unpaired) electrons. The topological polar surface area (TPSA) is 75.7 Å². The second-order valence-corrected chi connectivity index (χ2v) is 6.59. The Balaban J connectivity index is 0.000000336. The van der Waals surface area contributed by atoms with Crippen LogP contribution in [0.25, 0.3) is 5.69 Å². The fourth-order valence-electron chi connectivity index (χ4n) is 2.10. The van der Waals surface area contributed by atoms with Crippen LogP contribution in [-0.2, 0) is 6.42 Å². The maximum Gasteiger partial charge on any atom is 0.271 e. The van der Waals surface area contributed by atoms with Crippen LogP contribution in [0.3, 0.4) is 0 Å². The summed E-state index contributed by atoms with van der Waals surface area (Å²) in [6.07, 6.45) is 7.31. The van der Waals surface area contributed by atoms with Crippen molar-refractivity contribution < 1.29 is 0 Å². The fourth-order valence-corrected chi connectivity index (χ4v) is 2.81. The monoisotopic (exact) mass is 400 g/mol. The molecule has 0 aliphatic carbocycles. The molecule has 0 atom stereocenters. The zero-order chi connectivity index (χ0) is 21.1. The summed E-state index contributed by atoms with van der Waals surface area (Å²) in [5, 5.41) is 0. The average molecular weight is 401 g/mol. The van der Waals surface area contributed by atoms with Gasteiger partial charge < -0.3 is 4.90 Å². The van der Waals surface area contributed by atoms with E-state index in [1.165, 1.54) is 22.7 Å². The van der Waals surface area contributed by atoms with Gasteiger partial charge in [0.1, 0.15) is 18.5 Å². The van der Waals surface area contributed by atoms with Gasteiger partial charge in [-0.25, -0.2) is 9.98 Å². The lowest BCUT2D eigenvalue weighted by Crippen LogP contribution is -2.22. The summed E-state index contributed by atoms with van der Waals surface area (Å²) in [7, 11) is 1.92. The average Bonchev–Trinajstić information content (AvgIpc) is 2.72. The molecule has 0 N–H and O–H groups in total. The van der Waals surface area contributed by atoms with Crippen molar-refractivity contribution in [3.05, 3.63) is 58.8 Å². The summed E-state index contributed by atoms with van der Waals surface area (Å²) in [5.74, 6) is 0.704. The van der Waals surface area contributed by atoms with Crippen LogP contribution in [0.4, 0.5) is 0 Å². The molecule has 0 aliphatic rings. The minimum absolute atomic E-state index is 0.0278. The van der Waals surface area contributed by atoms with E-state index in [1.54, 1.807) is 12.5 Å². The summed E-state index contributed by atoms with van der Waals surface area (Å²) in [5.41, 5.74) is 2.50. The van der Waals surface area contributed by atoms with Crippen molar-refractivity contribution in [1.82, 2.24) is 19.4 Å². The Hall–Kier alpha value is -2.74. The summed E-state index contributed by atoms with van der Waals surface area (Å²) >= 11 is 1.44. The summed E-state index contributed by atoms with van der Waals surface area (Å²) in [6.45, 7) is 13.8. The van der Waals surface area contributed by atoms with Crippen molar-refractivity contribution in [2.24, 2.45) is 9.98 Å². The predicted octanol–water partition coefficient (Wildman–Crippen LogP) is 3.36. The lowest BCUT2D eigenvalue weighted by molar-refractivity contribution is 0.440. The minimum Gasteiger partial charge on any atom is -0.360 e. The summed E-state index contributed by atoms with van der Waals surface area (Å²) in [4.78, 5) is 30.9. The van der Waals surface area contributed by atoms with E-state index >= 15 is 0 Å². The number of aromatic nitrogens is 3. The number of hydrogen-bond acceptors (Lipinski definition) is 6. The molecule has 8 heteroatoms. The van der Waals surface area contributed by atoms with Crippen LogP contribution in [-0.4, -0.2) is 52.3 Å². The molecule has 0 unspecified atom stereocenters. The van der Waals surface area contributed by atoms with Gasteiger partial charge in [-0.2, -0.15) is 0 Å². The van der Waals surface area contributed by atoms with Crippen LogP contribution in [0, 0.1) is 6.92 Å². The van der Waals surface area contributed by atoms with Crippen molar-refractivity contribution in [2.75, 3.05) is 19.8 Å². The first-order valence-electron chi connectivity index (χ1n) is 8.85. The van der Waals surface area contributed by atoms with E-state index in [0.29, 0.717) is 10.7 Å². The van der Waals surface area contributed by atoms with Crippen LogP contribution < -0.4 is 5.56 Å². The molecular weight excluding hydrogens is 372 g/mol. The van der Waals surface area contributed by atoms with Gasteiger partial charge in [0.2, 0.25) is 0 Å². The molecule has 7 nitrogen and oxygen atoms in total. The Bertz CT molecular complexity index is 873. The molecule has 0 aliphatic heterocycles. The first-order valence-corrected chi connectivity index (χ1v) is 10.1. The Kier molecular flexibility index (Phi) is 9.87. The SMILES string of the molecule is C=N/C=N\C(=C)N(C)CC.CCc1ncn(-c2ccc(C)nc2)c(=O)c1SC. The van der Waals surface area contributed by atoms with E-state index in [-0.39, 0.29) is 5.56 Å². The summed E-state index contributed by atoms with van der Waals surface area (Å²) < 4.78 is 1.54. The van der Waals surface area contributed by atoms with E-state index in [0.717, 1.165) is 30.0 Å². The third kappa shape index (κ3) is 6.45. The number of aliphatic imine (C=N–C) groups is 2. The molecule has 2 aromatic rings. The molecular formula is C20H28N6OS. The second-order valence-electron chi connectivity index (χ2n) is 5.77. The predicted molar refractivity (Wildman–Crippen MR) is 119 cm³/mol. The third-order valence-electron chi connectivity index (χ3n) is 3.92. The highest BCUT2D eigenvalue weighted by Gasteiger charge is 2.10. The summed E-state index contributed by atoms with van der Waals surface area (Å²) in [6, 6.07) is 3.76.